The highest BCUT2D eigenvalue weighted by Gasteiger charge is 2.46. The Bertz CT molecular complexity index is 748. The van der Waals surface area contributed by atoms with Crippen LogP contribution in [0.1, 0.15) is 11.5 Å². The average molecular weight is 420 g/mol. The van der Waals surface area contributed by atoms with Crippen molar-refractivity contribution in [1.82, 2.24) is 4.72 Å². The zero-order valence-electron chi connectivity index (χ0n) is 12.2. The number of aliphatic hydroxyl groups is 1. The summed E-state index contributed by atoms with van der Waals surface area (Å²) in [6, 6.07) is 2.47. The van der Waals surface area contributed by atoms with Crippen molar-refractivity contribution in [3.63, 3.8) is 0 Å². The fourth-order valence-corrected chi connectivity index (χ4v) is 4.63. The fourth-order valence-electron chi connectivity index (χ4n) is 2.21. The second kappa shape index (κ2) is 8.09. The van der Waals surface area contributed by atoms with Gasteiger partial charge in [0.15, 0.2) is 0 Å². The van der Waals surface area contributed by atoms with Gasteiger partial charge in [0.25, 0.3) is 0 Å². The Morgan fingerprint density at radius 2 is 1.80 bits per heavy atom. The molecular formula is C14H11ClF5NO2S2. The molecule has 0 bridgehead atoms. The molecule has 3 atom stereocenters. The van der Waals surface area contributed by atoms with Gasteiger partial charge in [-0.2, -0.15) is 13.2 Å². The van der Waals surface area contributed by atoms with Crippen LogP contribution in [0.15, 0.2) is 34.5 Å². The molecule has 0 aliphatic heterocycles. The zero-order valence-corrected chi connectivity index (χ0v) is 14.6. The molecule has 0 saturated heterocycles. The molecule has 0 aliphatic rings. The molecule has 0 aliphatic carbocycles. The van der Waals surface area contributed by atoms with Crippen LogP contribution in [0.4, 0.5) is 22.0 Å². The fraction of sp³-hybridized carbons (Fsp3) is 0.286. The van der Waals surface area contributed by atoms with E-state index in [4.69, 9.17) is 11.6 Å². The maximum absolute atomic E-state index is 13.4. The lowest BCUT2D eigenvalue weighted by molar-refractivity contribution is -0.158. The van der Waals surface area contributed by atoms with E-state index in [0.717, 1.165) is 11.3 Å². The summed E-state index contributed by atoms with van der Waals surface area (Å²) in [7, 11) is -2.10. The molecule has 2 N–H and O–H groups in total. The summed E-state index contributed by atoms with van der Waals surface area (Å²) in [6.45, 7) is -1.06. The van der Waals surface area contributed by atoms with Gasteiger partial charge in [0, 0.05) is 6.07 Å². The Balaban J connectivity index is 2.35. The maximum Gasteiger partial charge on any atom is 0.397 e. The number of benzene rings is 1. The molecule has 0 amide bonds. The summed E-state index contributed by atoms with van der Waals surface area (Å²) >= 11 is 6.57. The summed E-state index contributed by atoms with van der Waals surface area (Å²) in [5.41, 5.74) is -0.724. The van der Waals surface area contributed by atoms with E-state index in [-0.39, 0.29) is 8.55 Å². The van der Waals surface area contributed by atoms with Crippen LogP contribution in [-0.2, 0) is 11.0 Å². The molecule has 138 valence electrons. The van der Waals surface area contributed by atoms with Crippen LogP contribution in [0.25, 0.3) is 0 Å². The van der Waals surface area contributed by atoms with Gasteiger partial charge in [-0.1, -0.05) is 11.6 Å². The second-order valence-electron chi connectivity index (χ2n) is 4.96. The van der Waals surface area contributed by atoms with Crippen LogP contribution in [-0.4, -0.2) is 28.1 Å². The van der Waals surface area contributed by atoms with E-state index in [1.165, 1.54) is 12.1 Å². The van der Waals surface area contributed by atoms with Gasteiger partial charge in [0.2, 0.25) is 0 Å². The van der Waals surface area contributed by atoms with Crippen LogP contribution in [0.2, 0.25) is 4.34 Å². The first-order chi connectivity index (χ1) is 11.6. The molecule has 1 aromatic heterocycles. The lowest BCUT2D eigenvalue weighted by Crippen LogP contribution is -2.45. The van der Waals surface area contributed by atoms with Crippen molar-refractivity contribution in [3.05, 3.63) is 51.9 Å². The number of nitrogens with one attached hydrogen (secondary N) is 1. The summed E-state index contributed by atoms with van der Waals surface area (Å²) < 4.78 is 81.7. The first-order valence-electron chi connectivity index (χ1n) is 6.68. The Hall–Kier alpha value is -1.07. The van der Waals surface area contributed by atoms with Gasteiger partial charge < -0.3 is 5.11 Å². The zero-order chi connectivity index (χ0) is 18.8. The SMILES string of the molecule is O=S(NC(CO)C(c1cc(F)cc(F)c1)C(F)(F)F)c1ccc(Cl)s1. The second-order valence-corrected chi connectivity index (χ2v) is 8.14. The topological polar surface area (TPSA) is 49.3 Å². The van der Waals surface area contributed by atoms with Gasteiger partial charge in [-0.3, -0.25) is 0 Å². The number of hydrogen-bond donors (Lipinski definition) is 2. The van der Waals surface area contributed by atoms with Crippen molar-refractivity contribution < 1.29 is 31.3 Å². The third-order valence-electron chi connectivity index (χ3n) is 3.19. The minimum absolute atomic E-state index is 0.148. The smallest absolute Gasteiger partial charge is 0.395 e. The van der Waals surface area contributed by atoms with Crippen LogP contribution >= 0.6 is 22.9 Å². The van der Waals surface area contributed by atoms with Crippen molar-refractivity contribution in [3.8, 4) is 0 Å². The predicted molar refractivity (Wildman–Crippen MR) is 84.9 cm³/mol. The molecule has 11 heteroatoms. The number of rotatable bonds is 6. The van der Waals surface area contributed by atoms with Crippen LogP contribution in [0.3, 0.4) is 0 Å². The molecule has 2 aromatic rings. The molecule has 25 heavy (non-hydrogen) atoms. The van der Waals surface area contributed by atoms with Gasteiger partial charge in [-0.15, -0.1) is 11.3 Å². The Labute approximate surface area is 151 Å². The lowest BCUT2D eigenvalue weighted by Gasteiger charge is -2.28. The summed E-state index contributed by atoms with van der Waals surface area (Å²) in [5.74, 6) is -4.85. The van der Waals surface area contributed by atoms with Gasteiger partial charge >= 0.3 is 6.18 Å². The summed E-state index contributed by atoms with van der Waals surface area (Å²) in [6.07, 6.45) is -4.95. The highest BCUT2D eigenvalue weighted by Crippen LogP contribution is 2.38. The number of thiophene rings is 1. The van der Waals surface area contributed by atoms with E-state index < -0.39 is 52.9 Å². The number of hydrogen-bond acceptors (Lipinski definition) is 3. The maximum atomic E-state index is 13.4. The quantitative estimate of drug-likeness (QED) is 0.695. The lowest BCUT2D eigenvalue weighted by atomic mass is 9.91. The molecule has 2 rings (SSSR count). The average Bonchev–Trinajstić information content (AvgIpc) is 2.90. The van der Waals surface area contributed by atoms with Gasteiger partial charge in [0.1, 0.15) is 26.8 Å². The molecule has 0 radical (unpaired) electrons. The molecule has 3 unspecified atom stereocenters. The molecule has 0 spiro atoms. The molecule has 1 aromatic carbocycles. The van der Waals surface area contributed by atoms with E-state index in [1.807, 2.05) is 0 Å². The van der Waals surface area contributed by atoms with Gasteiger partial charge in [-0.05, 0) is 29.8 Å². The third kappa shape index (κ3) is 5.20. The third-order valence-corrected chi connectivity index (χ3v) is 5.93. The van der Waals surface area contributed by atoms with E-state index in [9.17, 15) is 31.3 Å². The van der Waals surface area contributed by atoms with E-state index in [0.29, 0.717) is 18.2 Å². The monoisotopic (exact) mass is 419 g/mol. The highest BCUT2D eigenvalue weighted by atomic mass is 35.5. The number of aliphatic hydroxyl groups excluding tert-OH is 1. The highest BCUT2D eigenvalue weighted by molar-refractivity contribution is 7.85. The summed E-state index contributed by atoms with van der Waals surface area (Å²) in [5, 5.41) is 9.35. The van der Waals surface area contributed by atoms with Crippen molar-refractivity contribution in [2.24, 2.45) is 0 Å². The molecule has 0 fully saturated rings. The van der Waals surface area contributed by atoms with Gasteiger partial charge in [0.05, 0.1) is 22.9 Å². The molecule has 3 nitrogen and oxygen atoms in total. The van der Waals surface area contributed by atoms with Gasteiger partial charge in [-0.25, -0.2) is 17.7 Å². The minimum Gasteiger partial charge on any atom is -0.395 e. The van der Waals surface area contributed by atoms with E-state index in [1.54, 1.807) is 0 Å². The van der Waals surface area contributed by atoms with Crippen LogP contribution < -0.4 is 4.72 Å². The number of halogens is 6. The van der Waals surface area contributed by atoms with Crippen molar-refractivity contribution >= 4 is 33.9 Å². The van der Waals surface area contributed by atoms with Crippen molar-refractivity contribution in [2.45, 2.75) is 22.3 Å². The predicted octanol–water partition coefficient (Wildman–Crippen LogP) is 4.00. The van der Waals surface area contributed by atoms with Crippen LogP contribution in [0, 0.1) is 11.6 Å². The molecule has 1 heterocycles. The largest absolute Gasteiger partial charge is 0.397 e. The Morgan fingerprint density at radius 3 is 2.24 bits per heavy atom. The van der Waals surface area contributed by atoms with E-state index in [2.05, 4.69) is 4.72 Å². The molecule has 0 saturated carbocycles. The summed E-state index contributed by atoms with van der Waals surface area (Å²) in [4.78, 5) is 0. The van der Waals surface area contributed by atoms with Crippen molar-refractivity contribution in [2.75, 3.05) is 6.61 Å². The van der Waals surface area contributed by atoms with Crippen LogP contribution in [0.5, 0.6) is 0 Å². The first kappa shape index (κ1) is 20.2. The first-order valence-corrected chi connectivity index (χ1v) is 9.03. The Kier molecular flexibility index (Phi) is 6.55. The minimum atomic E-state index is -4.95. The normalized spacial score (nSPS) is 15.8. The Morgan fingerprint density at radius 1 is 1.20 bits per heavy atom. The standard InChI is InChI=1S/C14H11ClF5NO2S2/c15-11-1-2-12(24-11)25(23)21-10(6-22)13(14(18,19)20)7-3-8(16)5-9(17)4-7/h1-5,10,13,21-22H,6H2. The number of alkyl halides is 3. The van der Waals surface area contributed by atoms with Crippen molar-refractivity contribution in [1.29, 1.82) is 0 Å². The molecular weight excluding hydrogens is 409 g/mol. The van der Waals surface area contributed by atoms with E-state index >= 15 is 0 Å².